The van der Waals surface area contributed by atoms with Crippen molar-refractivity contribution in [2.45, 2.75) is 25.2 Å². The number of hydrogen-bond donors (Lipinski definition) is 0. The number of carbonyl (C=O) groups is 5. The number of amides is 4. The van der Waals surface area contributed by atoms with E-state index in [9.17, 15) is 24.0 Å². The molecule has 8 heteroatoms. The number of nitrogens with zero attached hydrogens (tertiary/aromatic N) is 2. The number of anilines is 2. The highest BCUT2D eigenvalue weighted by atomic mass is 16.5. The molecule has 4 amide bonds. The van der Waals surface area contributed by atoms with Gasteiger partial charge < -0.3 is 4.74 Å². The number of hydrogen-bond acceptors (Lipinski definition) is 6. The summed E-state index contributed by atoms with van der Waals surface area (Å²) in [5.41, 5.74) is 2.29. The van der Waals surface area contributed by atoms with Crippen LogP contribution in [0.15, 0.2) is 103 Å². The highest BCUT2D eigenvalue weighted by Gasteiger charge is 2.50. The van der Waals surface area contributed by atoms with Crippen molar-refractivity contribution in [2.24, 2.45) is 11.8 Å². The van der Waals surface area contributed by atoms with Gasteiger partial charge in [-0.25, -0.2) is 9.69 Å². The topological polar surface area (TPSA) is 101 Å². The van der Waals surface area contributed by atoms with E-state index in [0.29, 0.717) is 18.5 Å². The molecule has 3 unspecified atom stereocenters. The fraction of sp³-hybridized carbons (Fsp3) is 0.171. The lowest BCUT2D eigenvalue weighted by Gasteiger charge is -2.28. The van der Waals surface area contributed by atoms with Gasteiger partial charge in [-0.15, -0.1) is 0 Å². The molecule has 43 heavy (non-hydrogen) atoms. The number of fused-ring (bicyclic) bond motifs is 2. The standard InChI is InChI=1S/C35H26N2O6/c38-31-27-18-17-22(21-9-2-1-3-10-21)20-28(27)34(41)36(31)24-12-8-11-23(19-24)35(42)43-30-16-7-6-15-29(30)37-32(39)25-13-4-5-14-26(25)33(37)40/h1-16,19,22,27-28H,17-18,20H2. The first-order chi connectivity index (χ1) is 20.9. The van der Waals surface area contributed by atoms with Gasteiger partial charge in [0.15, 0.2) is 5.75 Å². The van der Waals surface area contributed by atoms with Crippen LogP contribution in [0.3, 0.4) is 0 Å². The fourth-order valence-corrected chi connectivity index (χ4v) is 6.53. The maximum atomic E-state index is 13.6. The summed E-state index contributed by atoms with van der Waals surface area (Å²) in [4.78, 5) is 68.7. The van der Waals surface area contributed by atoms with E-state index < -0.39 is 23.7 Å². The number of imide groups is 2. The molecule has 3 aliphatic rings. The van der Waals surface area contributed by atoms with Gasteiger partial charge in [0.05, 0.1) is 39.9 Å². The third-order valence-corrected chi connectivity index (χ3v) is 8.64. The second kappa shape index (κ2) is 10.5. The largest absolute Gasteiger partial charge is 0.421 e. The summed E-state index contributed by atoms with van der Waals surface area (Å²) in [5, 5.41) is 0. The van der Waals surface area contributed by atoms with E-state index in [2.05, 4.69) is 12.1 Å². The summed E-state index contributed by atoms with van der Waals surface area (Å²) in [5.74, 6) is -2.82. The minimum Gasteiger partial charge on any atom is -0.421 e. The highest BCUT2D eigenvalue weighted by Crippen LogP contribution is 2.45. The lowest BCUT2D eigenvalue weighted by Crippen LogP contribution is -2.31. The average Bonchev–Trinajstić information content (AvgIpc) is 3.45. The molecule has 2 aliphatic heterocycles. The van der Waals surface area contributed by atoms with Crippen LogP contribution in [0.5, 0.6) is 5.75 Å². The van der Waals surface area contributed by atoms with Gasteiger partial charge in [0.1, 0.15) is 0 Å². The minimum absolute atomic E-state index is 0.0266. The van der Waals surface area contributed by atoms with Gasteiger partial charge >= 0.3 is 5.97 Å². The van der Waals surface area contributed by atoms with Crippen molar-refractivity contribution in [3.8, 4) is 5.75 Å². The average molecular weight is 571 g/mol. The normalized spacial score (nSPS) is 21.2. The summed E-state index contributed by atoms with van der Waals surface area (Å²) in [6.07, 6.45) is 2.06. The summed E-state index contributed by atoms with van der Waals surface area (Å²) in [6.45, 7) is 0. The van der Waals surface area contributed by atoms with Crippen LogP contribution < -0.4 is 14.5 Å². The zero-order valence-corrected chi connectivity index (χ0v) is 23.0. The first-order valence-electron chi connectivity index (χ1n) is 14.2. The molecule has 4 aromatic carbocycles. The third kappa shape index (κ3) is 4.43. The zero-order chi connectivity index (χ0) is 29.7. The molecular formula is C35H26N2O6. The zero-order valence-electron chi connectivity index (χ0n) is 23.0. The van der Waals surface area contributed by atoms with Crippen molar-refractivity contribution < 1.29 is 28.7 Å². The molecule has 0 spiro atoms. The van der Waals surface area contributed by atoms with E-state index in [-0.39, 0.29) is 51.8 Å². The lowest BCUT2D eigenvalue weighted by molar-refractivity contribution is -0.122. The molecule has 2 heterocycles. The van der Waals surface area contributed by atoms with Gasteiger partial charge in [-0.05, 0) is 73.2 Å². The van der Waals surface area contributed by atoms with Gasteiger partial charge in [0, 0.05) is 0 Å². The van der Waals surface area contributed by atoms with Crippen molar-refractivity contribution in [3.63, 3.8) is 0 Å². The summed E-state index contributed by atoms with van der Waals surface area (Å²) >= 11 is 0. The van der Waals surface area contributed by atoms with Crippen LogP contribution in [0.25, 0.3) is 0 Å². The Morgan fingerprint density at radius 2 is 1.30 bits per heavy atom. The Morgan fingerprint density at radius 1 is 0.651 bits per heavy atom. The van der Waals surface area contributed by atoms with Crippen LogP contribution in [0.1, 0.15) is 61.8 Å². The Labute approximate surface area is 247 Å². The number of benzene rings is 4. The second-order valence-electron chi connectivity index (χ2n) is 11.0. The lowest BCUT2D eigenvalue weighted by atomic mass is 9.73. The quantitative estimate of drug-likeness (QED) is 0.171. The van der Waals surface area contributed by atoms with E-state index in [1.165, 1.54) is 34.7 Å². The Kier molecular flexibility index (Phi) is 6.46. The SMILES string of the molecule is O=C(Oc1ccccc1N1C(=O)c2ccccc2C1=O)c1cccc(N2C(=O)C3CCC(c4ccccc4)CC3C2=O)c1. The Balaban J connectivity index is 1.12. The molecule has 3 atom stereocenters. The van der Waals surface area contributed by atoms with E-state index in [0.717, 1.165) is 11.3 Å². The predicted octanol–water partition coefficient (Wildman–Crippen LogP) is 5.78. The molecule has 0 aromatic heterocycles. The van der Waals surface area contributed by atoms with Crippen LogP contribution in [-0.2, 0) is 9.59 Å². The summed E-state index contributed by atoms with van der Waals surface area (Å²) in [6, 6.07) is 29.1. The Hall–Kier alpha value is -5.37. The van der Waals surface area contributed by atoms with E-state index in [1.807, 2.05) is 18.2 Å². The Morgan fingerprint density at radius 3 is 2.05 bits per heavy atom. The molecular weight excluding hydrogens is 544 g/mol. The first-order valence-corrected chi connectivity index (χ1v) is 14.2. The monoisotopic (exact) mass is 570 g/mol. The molecule has 7 rings (SSSR count). The maximum Gasteiger partial charge on any atom is 0.343 e. The molecule has 8 nitrogen and oxygen atoms in total. The van der Waals surface area contributed by atoms with Gasteiger partial charge in [-0.3, -0.25) is 24.1 Å². The highest BCUT2D eigenvalue weighted by molar-refractivity contribution is 6.35. The smallest absolute Gasteiger partial charge is 0.343 e. The number of ether oxygens (including phenoxy) is 1. The van der Waals surface area contributed by atoms with Crippen LogP contribution in [-0.4, -0.2) is 29.6 Å². The first kappa shape index (κ1) is 26.5. The molecule has 0 bridgehead atoms. The number of rotatable bonds is 5. The van der Waals surface area contributed by atoms with Crippen LogP contribution >= 0.6 is 0 Å². The molecule has 4 aromatic rings. The molecule has 1 saturated heterocycles. The number of para-hydroxylation sites is 2. The van der Waals surface area contributed by atoms with Crippen molar-refractivity contribution >= 4 is 41.0 Å². The van der Waals surface area contributed by atoms with Crippen molar-refractivity contribution in [3.05, 3.63) is 125 Å². The molecule has 1 aliphatic carbocycles. The summed E-state index contributed by atoms with van der Waals surface area (Å²) < 4.78 is 5.70. The van der Waals surface area contributed by atoms with Crippen LogP contribution in [0, 0.1) is 11.8 Å². The van der Waals surface area contributed by atoms with Gasteiger partial charge in [0.25, 0.3) is 11.8 Å². The molecule has 1 saturated carbocycles. The number of carbonyl (C=O) groups excluding carboxylic acids is 5. The van der Waals surface area contributed by atoms with Gasteiger partial charge in [-0.2, -0.15) is 0 Å². The predicted molar refractivity (Wildman–Crippen MR) is 158 cm³/mol. The number of esters is 1. The molecule has 212 valence electrons. The maximum absolute atomic E-state index is 13.6. The van der Waals surface area contributed by atoms with E-state index >= 15 is 0 Å². The Bertz CT molecular complexity index is 1780. The summed E-state index contributed by atoms with van der Waals surface area (Å²) in [7, 11) is 0. The van der Waals surface area contributed by atoms with Gasteiger partial charge in [-0.1, -0.05) is 60.7 Å². The molecule has 2 fully saturated rings. The van der Waals surface area contributed by atoms with Crippen LogP contribution in [0.4, 0.5) is 11.4 Å². The van der Waals surface area contributed by atoms with Crippen molar-refractivity contribution in [1.82, 2.24) is 0 Å². The molecule has 0 radical (unpaired) electrons. The van der Waals surface area contributed by atoms with Gasteiger partial charge in [0.2, 0.25) is 11.8 Å². The minimum atomic E-state index is -0.758. The van der Waals surface area contributed by atoms with Crippen molar-refractivity contribution in [2.75, 3.05) is 9.80 Å². The fourth-order valence-electron chi connectivity index (χ4n) is 6.53. The third-order valence-electron chi connectivity index (χ3n) is 8.64. The molecule has 0 N–H and O–H groups in total. The van der Waals surface area contributed by atoms with Crippen molar-refractivity contribution in [1.29, 1.82) is 0 Å². The van der Waals surface area contributed by atoms with E-state index in [1.54, 1.807) is 48.5 Å². The van der Waals surface area contributed by atoms with Crippen LogP contribution in [0.2, 0.25) is 0 Å². The van der Waals surface area contributed by atoms with E-state index in [4.69, 9.17) is 4.74 Å². The second-order valence-corrected chi connectivity index (χ2v) is 11.0.